The quantitative estimate of drug-likeness (QED) is 0.162. The minimum atomic E-state index is -5.38. The topological polar surface area (TPSA) is 143 Å². The molecule has 264 valence electrons. The van der Waals surface area contributed by atoms with E-state index in [1.165, 1.54) is 31.2 Å². The van der Waals surface area contributed by atoms with Crippen molar-refractivity contribution in [3.63, 3.8) is 0 Å². The summed E-state index contributed by atoms with van der Waals surface area (Å²) in [6.45, 7) is 3.09. The van der Waals surface area contributed by atoms with Crippen molar-refractivity contribution >= 4 is 22.7 Å². The number of aromatic nitrogens is 2. The van der Waals surface area contributed by atoms with Crippen molar-refractivity contribution in [2.75, 3.05) is 26.3 Å². The zero-order valence-corrected chi connectivity index (χ0v) is 27.5. The van der Waals surface area contributed by atoms with Crippen molar-refractivity contribution in [3.05, 3.63) is 83.4 Å². The molecule has 0 bridgehead atoms. The SMILES string of the molecule is CC(C)(CO)CNC(=O)[C@@]1(C)COc2c1cc([C@@](O)(CNC(=O)c1cc(OC3CC3)c3ncccc3c1)C(F)(F)F)nc2-c1ccc(F)cc1. The number of nitrogens with zero attached hydrogens (tertiary/aromatic N) is 2. The number of amides is 2. The first-order valence-electron chi connectivity index (χ1n) is 16.0. The average Bonchev–Trinajstić information content (AvgIpc) is 3.85. The van der Waals surface area contributed by atoms with Gasteiger partial charge in [0, 0.05) is 46.8 Å². The number of halogens is 4. The third-order valence-electron chi connectivity index (χ3n) is 8.99. The Morgan fingerprint density at radius 2 is 1.78 bits per heavy atom. The lowest BCUT2D eigenvalue weighted by Gasteiger charge is -2.32. The van der Waals surface area contributed by atoms with E-state index < -0.39 is 52.5 Å². The van der Waals surface area contributed by atoms with Gasteiger partial charge in [-0.2, -0.15) is 13.2 Å². The molecule has 1 aliphatic heterocycles. The van der Waals surface area contributed by atoms with Crippen molar-refractivity contribution in [2.24, 2.45) is 5.41 Å². The molecule has 0 saturated heterocycles. The van der Waals surface area contributed by atoms with Crippen molar-refractivity contribution in [3.8, 4) is 22.8 Å². The van der Waals surface area contributed by atoms with Crippen molar-refractivity contribution < 1.29 is 46.8 Å². The van der Waals surface area contributed by atoms with Crippen LogP contribution in [0.15, 0.2) is 60.8 Å². The molecule has 4 aromatic rings. The molecule has 3 heterocycles. The number of fused-ring (bicyclic) bond motifs is 2. The third-order valence-corrected chi connectivity index (χ3v) is 8.99. The first-order chi connectivity index (χ1) is 23.5. The van der Waals surface area contributed by atoms with Gasteiger partial charge in [0.2, 0.25) is 11.5 Å². The van der Waals surface area contributed by atoms with E-state index in [1.807, 2.05) is 0 Å². The van der Waals surface area contributed by atoms with Gasteiger partial charge in [0.1, 0.15) is 40.5 Å². The molecule has 14 heteroatoms. The third kappa shape index (κ3) is 6.69. The van der Waals surface area contributed by atoms with Crippen LogP contribution in [0.25, 0.3) is 22.2 Å². The molecule has 2 amide bonds. The summed E-state index contributed by atoms with van der Waals surface area (Å²) in [5.41, 5.74) is -6.44. The van der Waals surface area contributed by atoms with Crippen LogP contribution in [0, 0.1) is 11.2 Å². The number of aliphatic hydroxyl groups is 2. The lowest BCUT2D eigenvalue weighted by Crippen LogP contribution is -2.52. The number of carbonyl (C=O) groups is 2. The van der Waals surface area contributed by atoms with E-state index in [9.17, 15) is 37.4 Å². The van der Waals surface area contributed by atoms with E-state index in [4.69, 9.17) is 9.47 Å². The lowest BCUT2D eigenvalue weighted by atomic mass is 9.81. The molecule has 1 saturated carbocycles. The Morgan fingerprint density at radius 1 is 1.06 bits per heavy atom. The second kappa shape index (κ2) is 12.8. The van der Waals surface area contributed by atoms with Crippen molar-refractivity contribution in [1.29, 1.82) is 0 Å². The van der Waals surface area contributed by atoms with E-state index in [-0.39, 0.29) is 54.0 Å². The summed E-state index contributed by atoms with van der Waals surface area (Å²) >= 11 is 0. The highest BCUT2D eigenvalue weighted by Crippen LogP contribution is 2.48. The maximum atomic E-state index is 15.0. The number of benzene rings is 2. The van der Waals surface area contributed by atoms with Gasteiger partial charge >= 0.3 is 6.18 Å². The minimum Gasteiger partial charge on any atom is -0.489 e. The van der Waals surface area contributed by atoms with Gasteiger partial charge in [-0.3, -0.25) is 14.6 Å². The molecular weight excluding hydrogens is 660 g/mol. The van der Waals surface area contributed by atoms with Gasteiger partial charge in [0.05, 0.1) is 18.3 Å². The zero-order valence-electron chi connectivity index (χ0n) is 27.5. The van der Waals surface area contributed by atoms with Crippen LogP contribution in [0.2, 0.25) is 0 Å². The van der Waals surface area contributed by atoms with E-state index in [1.54, 1.807) is 32.2 Å². The van der Waals surface area contributed by atoms with Gasteiger partial charge in [-0.25, -0.2) is 9.37 Å². The minimum absolute atomic E-state index is 0.000901. The van der Waals surface area contributed by atoms with Gasteiger partial charge in [0.15, 0.2) is 0 Å². The number of nitrogens with one attached hydrogen (secondary N) is 2. The average molecular weight is 697 g/mol. The van der Waals surface area contributed by atoms with Gasteiger partial charge in [0.25, 0.3) is 5.91 Å². The van der Waals surface area contributed by atoms with Gasteiger partial charge < -0.3 is 30.3 Å². The number of hydrogen-bond acceptors (Lipinski definition) is 8. The number of rotatable bonds is 11. The van der Waals surface area contributed by atoms with E-state index >= 15 is 0 Å². The fourth-order valence-electron chi connectivity index (χ4n) is 5.55. The number of ether oxygens (including phenoxy) is 2. The monoisotopic (exact) mass is 696 g/mol. The van der Waals surface area contributed by atoms with Crippen molar-refractivity contribution in [1.82, 2.24) is 20.6 Å². The van der Waals surface area contributed by atoms with Crippen LogP contribution in [0.1, 0.15) is 55.2 Å². The molecule has 4 N–H and O–H groups in total. The number of pyridine rings is 2. The number of carbonyl (C=O) groups excluding carboxylic acids is 2. The number of aliphatic hydroxyl groups excluding tert-OH is 1. The predicted octanol–water partition coefficient (Wildman–Crippen LogP) is 4.94. The highest BCUT2D eigenvalue weighted by atomic mass is 19.4. The molecular formula is C36H36F4N4O6. The van der Waals surface area contributed by atoms with Gasteiger partial charge in [-0.15, -0.1) is 0 Å². The predicted molar refractivity (Wildman–Crippen MR) is 174 cm³/mol. The largest absolute Gasteiger partial charge is 0.489 e. The lowest BCUT2D eigenvalue weighted by molar-refractivity contribution is -0.265. The summed E-state index contributed by atoms with van der Waals surface area (Å²) in [6.07, 6.45) is -2.22. The molecule has 0 unspecified atom stereocenters. The normalized spacial score (nSPS) is 18.6. The fourth-order valence-corrected chi connectivity index (χ4v) is 5.55. The smallest absolute Gasteiger partial charge is 0.424 e. The summed E-state index contributed by atoms with van der Waals surface area (Å²) in [6, 6.07) is 11.9. The zero-order chi connectivity index (χ0) is 36.1. The Bertz CT molecular complexity index is 1950. The van der Waals surface area contributed by atoms with E-state index in [0.717, 1.165) is 31.0 Å². The first-order valence-corrected chi connectivity index (χ1v) is 16.0. The Labute approximate surface area is 284 Å². The second-order valence-corrected chi connectivity index (χ2v) is 13.8. The van der Waals surface area contributed by atoms with Crippen LogP contribution in [0.3, 0.4) is 0 Å². The number of alkyl halides is 3. The van der Waals surface area contributed by atoms with E-state index in [0.29, 0.717) is 16.7 Å². The molecule has 1 fully saturated rings. The summed E-state index contributed by atoms with van der Waals surface area (Å²) < 4.78 is 70.7. The highest BCUT2D eigenvalue weighted by molar-refractivity contribution is 6.00. The Kier molecular flexibility index (Phi) is 8.97. The molecule has 0 spiro atoms. The van der Waals surface area contributed by atoms with Gasteiger partial charge in [-0.1, -0.05) is 19.9 Å². The molecule has 2 atom stereocenters. The molecule has 10 nitrogen and oxygen atoms in total. The second-order valence-electron chi connectivity index (χ2n) is 13.8. The highest BCUT2D eigenvalue weighted by Gasteiger charge is 2.58. The summed E-state index contributed by atoms with van der Waals surface area (Å²) in [5, 5.41) is 26.6. The van der Waals surface area contributed by atoms with Crippen LogP contribution in [0.4, 0.5) is 17.6 Å². The maximum Gasteiger partial charge on any atom is 0.424 e. The van der Waals surface area contributed by atoms with Crippen LogP contribution in [-0.4, -0.2) is 70.6 Å². The Hall–Kier alpha value is -4.82. The summed E-state index contributed by atoms with van der Waals surface area (Å²) in [4.78, 5) is 35.5. The summed E-state index contributed by atoms with van der Waals surface area (Å²) in [7, 11) is 0. The van der Waals surface area contributed by atoms with Crippen LogP contribution in [0.5, 0.6) is 11.5 Å². The fraction of sp³-hybridized carbons (Fsp3) is 0.389. The number of hydrogen-bond donors (Lipinski definition) is 4. The maximum absolute atomic E-state index is 15.0. The molecule has 2 aliphatic rings. The molecule has 1 aliphatic carbocycles. The van der Waals surface area contributed by atoms with E-state index in [2.05, 4.69) is 20.6 Å². The van der Waals surface area contributed by atoms with Gasteiger partial charge in [-0.05, 0) is 68.3 Å². The van der Waals surface area contributed by atoms with Crippen LogP contribution in [-0.2, 0) is 15.8 Å². The molecule has 0 radical (unpaired) electrons. The van der Waals surface area contributed by atoms with Crippen LogP contribution < -0.4 is 20.1 Å². The van der Waals surface area contributed by atoms with Crippen molar-refractivity contribution in [2.45, 2.75) is 56.9 Å². The standard InChI is InChI=1S/C36H36F4N4O6/c1-33(2,18-45)16-43-32(47)34(3)19-49-30-25(34)15-27(44-29(30)20-6-8-23(37)9-7-20)35(48,36(38,39)40)17-42-31(46)22-13-21-5-4-12-41-28(21)26(14-22)50-24-10-11-24/h4-9,12-15,24,45,48H,10-11,16-19H2,1-3H3,(H,42,46)(H,43,47)/t34-,35-/m0/s1. The molecule has 2 aromatic heterocycles. The Balaban J connectivity index is 1.39. The summed E-state index contributed by atoms with van der Waals surface area (Å²) in [5.74, 6) is -1.83. The molecule has 2 aromatic carbocycles. The molecule has 6 rings (SSSR count). The Morgan fingerprint density at radius 3 is 2.44 bits per heavy atom. The first kappa shape index (κ1) is 35.0. The molecule has 50 heavy (non-hydrogen) atoms. The van der Waals surface area contributed by atoms with Crippen LogP contribution >= 0.6 is 0 Å².